The SMILES string of the molecule is NC(=O)CCC(NC1CN(C(=O)c2ccc(F)c(F)c2Nc2ccc(I)cc2F)C1)C(=O)O. The molecule has 2 aromatic rings. The van der Waals surface area contributed by atoms with Gasteiger partial charge in [-0.1, -0.05) is 0 Å². The Bertz CT molecular complexity index is 1100. The zero-order valence-electron chi connectivity index (χ0n) is 17.1. The van der Waals surface area contributed by atoms with Crippen LogP contribution in [0.4, 0.5) is 24.5 Å². The van der Waals surface area contributed by atoms with E-state index in [9.17, 15) is 32.7 Å². The zero-order chi connectivity index (χ0) is 24.3. The fraction of sp³-hybridized carbons (Fsp3) is 0.286. The highest BCUT2D eigenvalue weighted by Crippen LogP contribution is 2.30. The number of carboxylic acids is 1. The van der Waals surface area contributed by atoms with Crippen molar-refractivity contribution in [2.75, 3.05) is 18.4 Å². The van der Waals surface area contributed by atoms with Gasteiger partial charge >= 0.3 is 5.97 Å². The van der Waals surface area contributed by atoms with E-state index in [1.807, 2.05) is 22.6 Å². The van der Waals surface area contributed by atoms with Crippen LogP contribution < -0.4 is 16.4 Å². The molecule has 0 spiro atoms. The van der Waals surface area contributed by atoms with Crippen LogP contribution in [-0.2, 0) is 9.59 Å². The lowest BCUT2D eigenvalue weighted by Gasteiger charge is -2.41. The lowest BCUT2D eigenvalue weighted by Crippen LogP contribution is -2.62. The summed E-state index contributed by atoms with van der Waals surface area (Å²) in [5.41, 5.74) is 4.23. The van der Waals surface area contributed by atoms with Crippen molar-refractivity contribution in [2.45, 2.75) is 24.9 Å². The Kier molecular flexibility index (Phi) is 7.79. The molecule has 1 aliphatic rings. The number of carbonyl (C=O) groups excluding carboxylic acids is 2. The Morgan fingerprint density at radius 1 is 1.15 bits per heavy atom. The molecular formula is C21H20F3IN4O4. The maximum Gasteiger partial charge on any atom is 0.320 e. The molecule has 0 aliphatic carbocycles. The second-order valence-corrected chi connectivity index (χ2v) is 8.75. The monoisotopic (exact) mass is 576 g/mol. The molecule has 176 valence electrons. The molecule has 2 aromatic carbocycles. The first-order valence-corrected chi connectivity index (χ1v) is 10.9. The molecular weight excluding hydrogens is 556 g/mol. The van der Waals surface area contributed by atoms with Gasteiger partial charge in [-0.05, 0) is 59.3 Å². The molecule has 1 atom stereocenters. The molecule has 1 saturated heterocycles. The molecule has 12 heteroatoms. The third kappa shape index (κ3) is 5.93. The molecule has 0 saturated carbocycles. The summed E-state index contributed by atoms with van der Waals surface area (Å²) < 4.78 is 43.2. The standard InChI is InChI=1S/C21H20F3IN4O4/c22-13-3-2-12(19(18(13)24)28-15-4-1-10(25)7-14(15)23)20(31)29-8-11(9-29)27-16(21(32)33)5-6-17(26)30/h1-4,7,11,16,27-28H,5-6,8-9H2,(H2,26,30)(H,32,33). The molecule has 0 aromatic heterocycles. The number of nitrogens with two attached hydrogens (primary N) is 1. The van der Waals surface area contributed by atoms with Crippen LogP contribution in [0.25, 0.3) is 0 Å². The number of hydrogen-bond donors (Lipinski definition) is 4. The van der Waals surface area contributed by atoms with Crippen molar-refractivity contribution in [1.29, 1.82) is 0 Å². The van der Waals surface area contributed by atoms with Gasteiger partial charge in [0.2, 0.25) is 5.91 Å². The van der Waals surface area contributed by atoms with Crippen molar-refractivity contribution in [3.05, 3.63) is 56.9 Å². The molecule has 2 amide bonds. The predicted octanol–water partition coefficient (Wildman–Crippen LogP) is 2.58. The van der Waals surface area contributed by atoms with Gasteiger partial charge in [-0.15, -0.1) is 0 Å². The molecule has 1 aliphatic heterocycles. The average molecular weight is 576 g/mol. The van der Waals surface area contributed by atoms with E-state index in [0.717, 1.165) is 12.1 Å². The average Bonchev–Trinajstić information content (AvgIpc) is 2.71. The van der Waals surface area contributed by atoms with Gasteiger partial charge in [0.1, 0.15) is 11.9 Å². The van der Waals surface area contributed by atoms with E-state index >= 15 is 0 Å². The predicted molar refractivity (Wildman–Crippen MR) is 121 cm³/mol. The third-order valence-electron chi connectivity index (χ3n) is 5.10. The van der Waals surface area contributed by atoms with Crippen LogP contribution in [0.1, 0.15) is 23.2 Å². The van der Waals surface area contributed by atoms with Crippen LogP contribution in [0.3, 0.4) is 0 Å². The van der Waals surface area contributed by atoms with E-state index in [-0.39, 0.29) is 43.2 Å². The second-order valence-electron chi connectivity index (χ2n) is 7.50. The van der Waals surface area contributed by atoms with Gasteiger partial charge in [0, 0.05) is 29.1 Å². The lowest BCUT2D eigenvalue weighted by molar-refractivity contribution is -0.140. The maximum atomic E-state index is 14.5. The summed E-state index contributed by atoms with van der Waals surface area (Å²) in [5, 5.41) is 14.6. The number of benzene rings is 2. The minimum atomic E-state index is -1.33. The summed E-state index contributed by atoms with van der Waals surface area (Å²) in [6.07, 6.45) is -0.119. The zero-order valence-corrected chi connectivity index (χ0v) is 19.2. The number of nitrogens with one attached hydrogen (secondary N) is 2. The number of carboxylic acid groups (broad SMARTS) is 1. The molecule has 1 fully saturated rings. The highest BCUT2D eigenvalue weighted by molar-refractivity contribution is 14.1. The normalized spacial score (nSPS) is 14.5. The van der Waals surface area contributed by atoms with Gasteiger partial charge in [-0.3, -0.25) is 19.7 Å². The van der Waals surface area contributed by atoms with Crippen molar-refractivity contribution in [2.24, 2.45) is 5.73 Å². The van der Waals surface area contributed by atoms with E-state index in [1.54, 1.807) is 6.07 Å². The van der Waals surface area contributed by atoms with Crippen molar-refractivity contribution >= 4 is 51.7 Å². The summed E-state index contributed by atoms with van der Waals surface area (Å²) in [7, 11) is 0. The largest absolute Gasteiger partial charge is 0.480 e. The van der Waals surface area contributed by atoms with Crippen molar-refractivity contribution in [3.63, 3.8) is 0 Å². The van der Waals surface area contributed by atoms with Crippen LogP contribution in [0.15, 0.2) is 30.3 Å². The fourth-order valence-corrected chi connectivity index (χ4v) is 3.80. The van der Waals surface area contributed by atoms with E-state index in [1.165, 1.54) is 17.0 Å². The van der Waals surface area contributed by atoms with E-state index in [4.69, 9.17) is 5.73 Å². The highest BCUT2D eigenvalue weighted by atomic mass is 127. The fourth-order valence-electron chi connectivity index (χ4n) is 3.35. The minimum Gasteiger partial charge on any atom is -0.480 e. The molecule has 33 heavy (non-hydrogen) atoms. The van der Waals surface area contributed by atoms with Crippen molar-refractivity contribution in [1.82, 2.24) is 10.2 Å². The number of halogens is 4. The lowest BCUT2D eigenvalue weighted by atomic mass is 10.0. The summed E-state index contributed by atoms with van der Waals surface area (Å²) in [4.78, 5) is 36.5. The van der Waals surface area contributed by atoms with Gasteiger partial charge in [-0.25, -0.2) is 13.2 Å². The summed E-state index contributed by atoms with van der Waals surface area (Å²) in [6.45, 7) is 0.213. The first-order chi connectivity index (χ1) is 15.6. The summed E-state index contributed by atoms with van der Waals surface area (Å²) in [5.74, 6) is -5.66. The molecule has 0 radical (unpaired) electrons. The smallest absolute Gasteiger partial charge is 0.320 e. The molecule has 1 unspecified atom stereocenters. The van der Waals surface area contributed by atoms with Crippen molar-refractivity contribution in [3.8, 4) is 0 Å². The Balaban J connectivity index is 1.72. The molecule has 0 bridgehead atoms. The Morgan fingerprint density at radius 3 is 2.45 bits per heavy atom. The Morgan fingerprint density at radius 2 is 1.85 bits per heavy atom. The van der Waals surface area contributed by atoms with Gasteiger partial charge in [0.25, 0.3) is 5.91 Å². The van der Waals surface area contributed by atoms with Gasteiger partial charge in [0.05, 0.1) is 16.9 Å². The summed E-state index contributed by atoms with van der Waals surface area (Å²) in [6, 6.07) is 4.61. The number of amides is 2. The number of carbonyl (C=O) groups is 3. The first kappa shape index (κ1) is 24.8. The number of nitrogens with zero attached hydrogens (tertiary/aromatic N) is 1. The number of anilines is 2. The number of hydrogen-bond acceptors (Lipinski definition) is 5. The first-order valence-electron chi connectivity index (χ1n) is 9.83. The van der Waals surface area contributed by atoms with Gasteiger partial charge < -0.3 is 21.1 Å². The van der Waals surface area contributed by atoms with E-state index < -0.39 is 47.0 Å². The number of primary amides is 1. The second kappa shape index (κ2) is 10.4. The Hall–Kier alpha value is -2.87. The summed E-state index contributed by atoms with van der Waals surface area (Å²) >= 11 is 1.90. The quantitative estimate of drug-likeness (QED) is 0.341. The maximum absolute atomic E-state index is 14.5. The topological polar surface area (TPSA) is 125 Å². The number of aliphatic carboxylic acids is 1. The van der Waals surface area contributed by atoms with Crippen LogP contribution in [0.2, 0.25) is 0 Å². The van der Waals surface area contributed by atoms with Crippen molar-refractivity contribution < 1.29 is 32.7 Å². The number of likely N-dealkylation sites (tertiary alicyclic amines) is 1. The van der Waals surface area contributed by atoms with Crippen LogP contribution >= 0.6 is 22.6 Å². The molecule has 3 rings (SSSR count). The van der Waals surface area contributed by atoms with Crippen LogP contribution in [-0.4, -0.2) is 53.0 Å². The Labute approximate surface area is 200 Å². The highest BCUT2D eigenvalue weighted by Gasteiger charge is 2.35. The molecule has 1 heterocycles. The van der Waals surface area contributed by atoms with Gasteiger partial charge in [0.15, 0.2) is 11.6 Å². The minimum absolute atomic E-state index is 0.00602. The molecule has 8 nitrogen and oxygen atoms in total. The third-order valence-corrected chi connectivity index (χ3v) is 5.77. The number of rotatable bonds is 9. The van der Waals surface area contributed by atoms with E-state index in [2.05, 4.69) is 10.6 Å². The van der Waals surface area contributed by atoms with Gasteiger partial charge in [-0.2, -0.15) is 0 Å². The van der Waals surface area contributed by atoms with Crippen LogP contribution in [0.5, 0.6) is 0 Å². The van der Waals surface area contributed by atoms with Crippen LogP contribution in [0, 0.1) is 21.0 Å². The molecule has 5 N–H and O–H groups in total. The van der Waals surface area contributed by atoms with E-state index in [0.29, 0.717) is 3.57 Å².